The third-order valence-electron chi connectivity index (χ3n) is 1.61. The van der Waals surface area contributed by atoms with Crippen molar-refractivity contribution in [1.82, 2.24) is 0 Å². The van der Waals surface area contributed by atoms with Crippen molar-refractivity contribution >= 4 is 0 Å². The molecule has 8 nitrogen and oxygen atoms in total. The van der Waals surface area contributed by atoms with Crippen LogP contribution in [0.15, 0.2) is 0 Å². The molecule has 0 saturated heterocycles. The Morgan fingerprint density at radius 1 is 0.480 bits per heavy atom. The van der Waals surface area contributed by atoms with Gasteiger partial charge in [0, 0.05) is 26.4 Å². The van der Waals surface area contributed by atoms with E-state index in [-0.39, 0.29) is 26.2 Å². The Balaban J connectivity index is -0.0000000702. The fourth-order valence-corrected chi connectivity index (χ4v) is 0.939. The number of rotatable bonds is 8. The molecule has 0 aliphatic heterocycles. The summed E-state index contributed by atoms with van der Waals surface area (Å²) in [6, 6.07) is 0. The monoisotopic (exact) mass is 446 g/mol. The summed E-state index contributed by atoms with van der Waals surface area (Å²) in [7, 11) is 0. The van der Waals surface area contributed by atoms with Gasteiger partial charge in [-0.2, -0.15) is 0 Å². The van der Waals surface area contributed by atoms with Gasteiger partial charge in [-0.3, -0.25) is 0 Å². The van der Waals surface area contributed by atoms with Crippen LogP contribution < -0.4 is 20.4 Å². The predicted octanol–water partition coefficient (Wildman–Crippen LogP) is -1.09. The van der Waals surface area contributed by atoms with E-state index in [2.05, 4.69) is 18.9 Å². The minimum absolute atomic E-state index is 0. The summed E-state index contributed by atoms with van der Waals surface area (Å²) in [6.45, 7) is 15.2. The first-order chi connectivity index (χ1) is 11.1. The first-order valence-corrected chi connectivity index (χ1v) is 8.18. The van der Waals surface area contributed by atoms with Gasteiger partial charge in [0.2, 0.25) is 0 Å². The molecule has 0 bridgehead atoms. The summed E-state index contributed by atoms with van der Waals surface area (Å²) in [5, 5.41) is 39.6. The van der Waals surface area contributed by atoms with Crippen molar-refractivity contribution < 1.29 is 65.6 Å². The van der Waals surface area contributed by atoms with E-state index in [4.69, 9.17) is 0 Å². The van der Waals surface area contributed by atoms with E-state index < -0.39 is 25.2 Å². The van der Waals surface area contributed by atoms with Gasteiger partial charge in [0.05, 0.1) is 0 Å². The van der Waals surface area contributed by atoms with E-state index in [9.17, 15) is 20.4 Å². The Morgan fingerprint density at radius 3 is 0.600 bits per heavy atom. The number of hydrogen-bond donors (Lipinski definition) is 0. The molecule has 0 rings (SSSR count). The minimum Gasteiger partial charge on any atom is -0.831 e. The van der Waals surface area contributed by atoms with E-state index in [1.54, 1.807) is 27.7 Å². The molecule has 4 unspecified atom stereocenters. The van der Waals surface area contributed by atoms with Crippen LogP contribution in [0.5, 0.6) is 0 Å². The van der Waals surface area contributed by atoms with Gasteiger partial charge in [-0.25, -0.2) is 0 Å². The molecular formula is C16H36O8Zr. The normalized spacial score (nSPS) is 13.9. The molecule has 0 aromatic carbocycles. The van der Waals surface area contributed by atoms with Crippen molar-refractivity contribution in [3.8, 4) is 0 Å². The third kappa shape index (κ3) is 79.2. The summed E-state index contributed by atoms with van der Waals surface area (Å²) in [5.41, 5.74) is 0. The van der Waals surface area contributed by atoms with E-state index >= 15 is 0 Å². The van der Waals surface area contributed by atoms with E-state index in [0.29, 0.717) is 26.4 Å². The zero-order valence-corrected chi connectivity index (χ0v) is 19.4. The summed E-state index contributed by atoms with van der Waals surface area (Å²) >= 11 is 0. The van der Waals surface area contributed by atoms with Crippen LogP contribution in [-0.2, 0) is 45.2 Å². The second-order valence-corrected chi connectivity index (χ2v) is 4.09. The first-order valence-electron chi connectivity index (χ1n) is 8.18. The zero-order chi connectivity index (χ0) is 20.0. The Morgan fingerprint density at radius 2 is 0.600 bits per heavy atom. The number of ether oxygens (including phenoxy) is 4. The van der Waals surface area contributed by atoms with Crippen LogP contribution in [0.4, 0.5) is 0 Å². The van der Waals surface area contributed by atoms with Gasteiger partial charge in [-0.15, -0.1) is 0 Å². The minimum atomic E-state index is -0.852. The summed E-state index contributed by atoms with van der Waals surface area (Å²) < 4.78 is 17.9. The Labute approximate surface area is 172 Å². The molecule has 0 aromatic rings. The summed E-state index contributed by atoms with van der Waals surface area (Å²) in [4.78, 5) is 0. The fourth-order valence-electron chi connectivity index (χ4n) is 0.939. The molecule has 0 aromatic heterocycles. The quantitative estimate of drug-likeness (QED) is 0.429. The van der Waals surface area contributed by atoms with Crippen molar-refractivity contribution in [2.45, 2.75) is 80.6 Å². The smallest absolute Gasteiger partial charge is 0.831 e. The molecule has 0 spiro atoms. The molecule has 0 amide bonds. The maximum atomic E-state index is 9.90. The summed E-state index contributed by atoms with van der Waals surface area (Å²) in [6.07, 6.45) is -3.41. The topological polar surface area (TPSA) is 129 Å². The van der Waals surface area contributed by atoms with Gasteiger partial charge in [0.15, 0.2) is 0 Å². The van der Waals surface area contributed by atoms with Crippen LogP contribution in [-0.4, -0.2) is 51.6 Å². The van der Waals surface area contributed by atoms with Crippen LogP contribution in [0, 0.1) is 0 Å². The van der Waals surface area contributed by atoms with E-state index in [1.165, 1.54) is 27.7 Å². The van der Waals surface area contributed by atoms with Gasteiger partial charge in [-0.1, -0.05) is 27.7 Å². The average molecular weight is 448 g/mol. The van der Waals surface area contributed by atoms with Gasteiger partial charge in [-0.05, 0) is 52.9 Å². The van der Waals surface area contributed by atoms with E-state index in [1.807, 2.05) is 0 Å². The van der Waals surface area contributed by atoms with Gasteiger partial charge in [0.1, 0.15) is 0 Å². The maximum Gasteiger partial charge on any atom is 4.00 e. The van der Waals surface area contributed by atoms with Crippen LogP contribution in [0.25, 0.3) is 0 Å². The Hall–Kier alpha value is 0.563. The molecule has 0 saturated carbocycles. The molecule has 0 heterocycles. The molecule has 0 aliphatic carbocycles. The average Bonchev–Trinajstić information content (AvgIpc) is 2.39. The molecule has 0 aliphatic rings. The van der Waals surface area contributed by atoms with Crippen molar-refractivity contribution in [2.24, 2.45) is 0 Å². The van der Waals surface area contributed by atoms with E-state index in [0.717, 1.165) is 0 Å². The van der Waals surface area contributed by atoms with Crippen molar-refractivity contribution in [3.05, 3.63) is 0 Å². The summed E-state index contributed by atoms with van der Waals surface area (Å²) in [5.74, 6) is 0. The van der Waals surface area contributed by atoms with Crippen molar-refractivity contribution in [1.29, 1.82) is 0 Å². The van der Waals surface area contributed by atoms with Crippen LogP contribution in [0.2, 0.25) is 0 Å². The molecule has 4 atom stereocenters. The Bertz CT molecular complexity index is 153. The van der Waals surface area contributed by atoms with Crippen LogP contribution in [0.3, 0.4) is 0 Å². The van der Waals surface area contributed by atoms with Crippen molar-refractivity contribution in [3.63, 3.8) is 0 Å². The van der Waals surface area contributed by atoms with Gasteiger partial charge >= 0.3 is 26.2 Å². The fraction of sp³-hybridized carbons (Fsp3) is 1.00. The molecule has 0 fully saturated rings. The van der Waals surface area contributed by atoms with Crippen LogP contribution >= 0.6 is 0 Å². The SMILES string of the molecule is CCOC(C)[O-].CCOC(C)[O-].CCOC(C)[O-].CCOC(C)[O-].[Zr+4]. The zero-order valence-electron chi connectivity index (χ0n) is 16.9. The standard InChI is InChI=1S/4C4H9O2.Zr/c4*1-3-6-4(2)5;/h4*4H,3H2,1-2H3;/q4*-1;+4. The van der Waals surface area contributed by atoms with Crippen LogP contribution in [0.1, 0.15) is 55.4 Å². The molecule has 0 N–H and O–H groups in total. The molecule has 9 heteroatoms. The molecular weight excluding hydrogens is 411 g/mol. The van der Waals surface area contributed by atoms with Crippen molar-refractivity contribution in [2.75, 3.05) is 26.4 Å². The third-order valence-corrected chi connectivity index (χ3v) is 1.61. The second kappa shape index (κ2) is 32.3. The van der Waals surface area contributed by atoms with Gasteiger partial charge < -0.3 is 39.4 Å². The maximum absolute atomic E-state index is 9.90. The Kier molecular flexibility index (Phi) is 47.1. The molecule has 0 radical (unpaired) electrons. The predicted molar refractivity (Wildman–Crippen MR) is 84.4 cm³/mol. The largest absolute Gasteiger partial charge is 4.00 e. The van der Waals surface area contributed by atoms with Gasteiger partial charge in [0.25, 0.3) is 0 Å². The first kappa shape index (κ1) is 36.5. The molecule has 25 heavy (non-hydrogen) atoms. The molecule has 152 valence electrons. The second-order valence-electron chi connectivity index (χ2n) is 4.09. The number of hydrogen-bond acceptors (Lipinski definition) is 8.